The number of hydrogen-bond acceptors (Lipinski definition) is 5. The van der Waals surface area contributed by atoms with Crippen molar-refractivity contribution >= 4 is 23.8 Å². The molecular weight excluding hydrogens is 520 g/mol. The summed E-state index contributed by atoms with van der Waals surface area (Å²) in [5.41, 5.74) is 7.09. The number of carbonyl (C=O) groups is 4. The molecule has 0 fully saturated rings. The van der Waals surface area contributed by atoms with E-state index in [1.165, 1.54) is 4.90 Å². The molecule has 0 aliphatic rings. The van der Waals surface area contributed by atoms with Gasteiger partial charge in [-0.1, -0.05) is 87.2 Å². The van der Waals surface area contributed by atoms with Crippen LogP contribution in [-0.4, -0.2) is 46.9 Å². The smallest absolute Gasteiger partial charge is 0.408 e. The second-order valence-electron chi connectivity index (χ2n) is 11.3. The summed E-state index contributed by atoms with van der Waals surface area (Å²) in [5.74, 6) is -1.70. The van der Waals surface area contributed by atoms with Crippen molar-refractivity contribution in [3.05, 3.63) is 71.3 Å². The van der Waals surface area contributed by atoms with Crippen molar-refractivity contribution in [1.82, 2.24) is 15.5 Å². The molecule has 4 amide bonds. The summed E-state index contributed by atoms with van der Waals surface area (Å²) in [7, 11) is 0. The molecule has 0 aliphatic carbocycles. The molecule has 0 bridgehead atoms. The van der Waals surface area contributed by atoms with Gasteiger partial charge >= 0.3 is 6.09 Å². The van der Waals surface area contributed by atoms with Gasteiger partial charge in [-0.2, -0.15) is 0 Å². The zero-order valence-corrected chi connectivity index (χ0v) is 25.1. The highest BCUT2D eigenvalue weighted by Crippen LogP contribution is 2.27. The van der Waals surface area contributed by atoms with Crippen molar-refractivity contribution in [1.29, 1.82) is 0 Å². The molecule has 2 unspecified atom stereocenters. The van der Waals surface area contributed by atoms with Crippen LogP contribution < -0.4 is 16.4 Å². The quantitative estimate of drug-likeness (QED) is 0.263. The number of amides is 4. The minimum Gasteiger partial charge on any atom is -0.444 e. The average molecular weight is 567 g/mol. The van der Waals surface area contributed by atoms with Gasteiger partial charge in [0.25, 0.3) is 0 Å². The van der Waals surface area contributed by atoms with Gasteiger partial charge in [0.05, 0.1) is 6.42 Å². The highest BCUT2D eigenvalue weighted by Gasteiger charge is 2.37. The Kier molecular flexibility index (Phi) is 13.3. The number of alkyl carbamates (subject to hydrolysis) is 1. The summed E-state index contributed by atoms with van der Waals surface area (Å²) < 4.78 is 5.35. The summed E-state index contributed by atoms with van der Waals surface area (Å²) in [6, 6.07) is 14.6. The van der Waals surface area contributed by atoms with Crippen molar-refractivity contribution < 1.29 is 23.9 Å². The maximum absolute atomic E-state index is 14.2. The topological polar surface area (TPSA) is 131 Å². The van der Waals surface area contributed by atoms with E-state index >= 15 is 0 Å². The summed E-state index contributed by atoms with van der Waals surface area (Å²) in [5, 5.41) is 5.51. The highest BCUT2D eigenvalue weighted by atomic mass is 16.6. The number of nitrogens with one attached hydrogen (secondary N) is 2. The van der Waals surface area contributed by atoms with Crippen LogP contribution in [0.3, 0.4) is 0 Å². The summed E-state index contributed by atoms with van der Waals surface area (Å²) >= 11 is 0. The van der Waals surface area contributed by atoms with Gasteiger partial charge in [0, 0.05) is 13.1 Å². The van der Waals surface area contributed by atoms with Gasteiger partial charge in [-0.15, -0.1) is 0 Å². The van der Waals surface area contributed by atoms with Crippen LogP contribution in [-0.2, 0) is 25.7 Å². The molecule has 0 radical (unpaired) electrons. The third-order valence-corrected chi connectivity index (χ3v) is 6.53. The van der Waals surface area contributed by atoms with Crippen LogP contribution in [0.15, 0.2) is 54.6 Å². The fraction of sp³-hybridized carbons (Fsp3) is 0.500. The number of nitrogens with zero attached hydrogens (tertiary/aromatic N) is 1. The maximum Gasteiger partial charge on any atom is 0.408 e. The molecule has 0 spiro atoms. The second kappa shape index (κ2) is 16.4. The number of benzene rings is 2. The van der Waals surface area contributed by atoms with E-state index in [-0.39, 0.29) is 19.0 Å². The standard InChI is InChI=1S/C32H46N4O5/c1-6-7-8-9-15-20-36(30(39)26(21-27(33)37)35-31(40)41-32(3,4)5)28(25-19-14-13-16-23(25)2)29(38)34-22-24-17-11-10-12-18-24/h10-14,16-19,26,28H,6-9,15,20-22H2,1-5H3,(H2,33,37)(H,34,38)(H,35,40). The Morgan fingerprint density at radius 3 is 2.17 bits per heavy atom. The number of nitrogens with two attached hydrogens (primary N) is 1. The molecule has 224 valence electrons. The van der Waals surface area contributed by atoms with Crippen LogP contribution in [0.25, 0.3) is 0 Å². The first-order valence-corrected chi connectivity index (χ1v) is 14.4. The molecule has 9 heteroatoms. The summed E-state index contributed by atoms with van der Waals surface area (Å²) in [6.07, 6.45) is 3.36. The van der Waals surface area contributed by atoms with Crippen molar-refractivity contribution in [3.63, 3.8) is 0 Å². The zero-order valence-electron chi connectivity index (χ0n) is 25.1. The number of primary amides is 1. The van der Waals surface area contributed by atoms with Gasteiger partial charge in [0.1, 0.15) is 17.7 Å². The molecule has 2 atom stereocenters. The lowest BCUT2D eigenvalue weighted by Crippen LogP contribution is -2.54. The Hall–Kier alpha value is -3.88. The Balaban J connectivity index is 2.48. The normalized spacial score (nSPS) is 12.6. The minimum absolute atomic E-state index is 0.256. The molecule has 4 N–H and O–H groups in total. The Labute approximate surface area is 244 Å². The van der Waals surface area contributed by atoms with Gasteiger partial charge in [0.2, 0.25) is 17.7 Å². The Morgan fingerprint density at radius 2 is 1.56 bits per heavy atom. The first-order chi connectivity index (χ1) is 19.4. The minimum atomic E-state index is -1.30. The van der Waals surface area contributed by atoms with Gasteiger partial charge < -0.3 is 26.0 Å². The van der Waals surface area contributed by atoms with Crippen LogP contribution >= 0.6 is 0 Å². The molecule has 2 rings (SSSR count). The van der Waals surface area contributed by atoms with E-state index in [1.807, 2.05) is 61.5 Å². The third kappa shape index (κ3) is 11.6. The number of aryl methyl sites for hydroxylation is 1. The Morgan fingerprint density at radius 1 is 0.927 bits per heavy atom. The zero-order chi connectivity index (χ0) is 30.4. The van der Waals surface area contributed by atoms with E-state index in [0.717, 1.165) is 36.8 Å². The molecule has 41 heavy (non-hydrogen) atoms. The van der Waals surface area contributed by atoms with Crippen LogP contribution in [0.1, 0.15) is 89.0 Å². The van der Waals surface area contributed by atoms with Crippen molar-refractivity contribution in [2.75, 3.05) is 6.54 Å². The van der Waals surface area contributed by atoms with E-state index in [4.69, 9.17) is 10.5 Å². The largest absolute Gasteiger partial charge is 0.444 e. The van der Waals surface area contributed by atoms with E-state index in [2.05, 4.69) is 17.6 Å². The lowest BCUT2D eigenvalue weighted by atomic mass is 9.97. The average Bonchev–Trinajstić information content (AvgIpc) is 2.90. The predicted molar refractivity (Wildman–Crippen MR) is 160 cm³/mol. The molecule has 0 saturated heterocycles. The fourth-order valence-corrected chi connectivity index (χ4v) is 4.53. The monoisotopic (exact) mass is 566 g/mol. The van der Waals surface area contributed by atoms with Gasteiger partial charge in [-0.3, -0.25) is 14.4 Å². The lowest BCUT2D eigenvalue weighted by Gasteiger charge is -2.35. The Bertz CT molecular complexity index is 1150. The number of carbonyl (C=O) groups excluding carboxylic acids is 4. The third-order valence-electron chi connectivity index (χ3n) is 6.53. The van der Waals surface area contributed by atoms with Crippen LogP contribution in [0.4, 0.5) is 4.79 Å². The van der Waals surface area contributed by atoms with E-state index in [0.29, 0.717) is 12.0 Å². The molecule has 2 aromatic carbocycles. The molecular formula is C32H46N4O5. The molecule has 0 aromatic heterocycles. The lowest BCUT2D eigenvalue weighted by molar-refractivity contribution is -0.143. The highest BCUT2D eigenvalue weighted by molar-refractivity contribution is 5.94. The van der Waals surface area contributed by atoms with Crippen LogP contribution in [0.5, 0.6) is 0 Å². The first kappa shape index (κ1) is 33.3. The predicted octanol–water partition coefficient (Wildman–Crippen LogP) is 4.92. The van der Waals surface area contributed by atoms with Crippen molar-refractivity contribution in [2.45, 2.75) is 97.4 Å². The fourth-order valence-electron chi connectivity index (χ4n) is 4.53. The second-order valence-corrected chi connectivity index (χ2v) is 11.3. The molecule has 2 aromatic rings. The van der Waals surface area contributed by atoms with E-state index in [1.54, 1.807) is 20.8 Å². The SMILES string of the molecule is CCCCCCCN(C(=O)C(CC(N)=O)NC(=O)OC(C)(C)C)C(C(=O)NCc1ccccc1)c1ccccc1C. The first-order valence-electron chi connectivity index (χ1n) is 14.4. The number of hydrogen-bond donors (Lipinski definition) is 3. The van der Waals surface area contributed by atoms with Crippen molar-refractivity contribution in [3.8, 4) is 0 Å². The van der Waals surface area contributed by atoms with E-state index in [9.17, 15) is 19.2 Å². The number of ether oxygens (including phenoxy) is 1. The van der Waals surface area contributed by atoms with Gasteiger partial charge in [0.15, 0.2) is 0 Å². The number of unbranched alkanes of at least 4 members (excludes halogenated alkanes) is 4. The molecule has 0 heterocycles. The number of rotatable bonds is 15. The van der Waals surface area contributed by atoms with Crippen molar-refractivity contribution in [2.24, 2.45) is 5.73 Å². The summed E-state index contributed by atoms with van der Waals surface area (Å²) in [4.78, 5) is 54.2. The van der Waals surface area contributed by atoms with Crippen LogP contribution in [0.2, 0.25) is 0 Å². The molecule has 0 aliphatic heterocycles. The van der Waals surface area contributed by atoms with Gasteiger partial charge in [-0.05, 0) is 50.8 Å². The maximum atomic E-state index is 14.2. The molecule has 0 saturated carbocycles. The summed E-state index contributed by atoms with van der Waals surface area (Å²) in [6.45, 7) is 9.64. The van der Waals surface area contributed by atoms with E-state index < -0.39 is 42.0 Å². The molecule has 9 nitrogen and oxygen atoms in total. The van der Waals surface area contributed by atoms with Gasteiger partial charge in [-0.25, -0.2) is 4.79 Å². The van der Waals surface area contributed by atoms with Crippen LogP contribution in [0, 0.1) is 6.92 Å².